The first-order valence-electron chi connectivity index (χ1n) is 5.66. The first kappa shape index (κ1) is 10.7. The van der Waals surface area contributed by atoms with Crippen LogP contribution < -0.4 is 0 Å². The Morgan fingerprint density at radius 1 is 0.700 bits per heavy atom. The summed E-state index contributed by atoms with van der Waals surface area (Å²) < 4.78 is 20.4. The highest BCUT2D eigenvalue weighted by Gasteiger charge is 2.19. The molecule has 98 valence electrons. The zero-order chi connectivity index (χ0) is 13.4. The Labute approximate surface area is 111 Å². The minimum atomic E-state index is 0.206. The molecule has 0 radical (unpaired) electrons. The summed E-state index contributed by atoms with van der Waals surface area (Å²) in [5, 5.41) is 7.55. The maximum absolute atomic E-state index is 5.16. The largest absolute Gasteiger partial charge is 0.459 e. The van der Waals surface area contributed by atoms with Crippen molar-refractivity contribution in [1.29, 1.82) is 0 Å². The Morgan fingerprint density at radius 3 is 1.60 bits per heavy atom. The van der Waals surface area contributed by atoms with Crippen molar-refractivity contribution in [3.05, 3.63) is 36.8 Å². The Morgan fingerprint density at radius 2 is 1.20 bits per heavy atom. The van der Waals surface area contributed by atoms with Crippen LogP contribution in [0.5, 0.6) is 0 Å². The van der Waals surface area contributed by atoms with Gasteiger partial charge in [-0.05, 0) is 24.3 Å². The van der Waals surface area contributed by atoms with E-state index < -0.39 is 0 Å². The van der Waals surface area contributed by atoms with Gasteiger partial charge in [0, 0.05) is 0 Å². The van der Waals surface area contributed by atoms with Crippen LogP contribution in [0.1, 0.15) is 0 Å². The molecule has 4 aromatic heterocycles. The van der Waals surface area contributed by atoms with E-state index in [1.54, 1.807) is 24.3 Å². The Kier molecular flexibility index (Phi) is 2.25. The Hall–Kier alpha value is -3.16. The van der Waals surface area contributed by atoms with Gasteiger partial charge < -0.3 is 17.9 Å². The molecular weight excluding hydrogens is 264 g/mol. The van der Waals surface area contributed by atoms with Gasteiger partial charge in [0.25, 0.3) is 11.8 Å². The predicted molar refractivity (Wildman–Crippen MR) is 63.0 cm³/mol. The van der Waals surface area contributed by atoms with Crippen molar-refractivity contribution in [3.63, 3.8) is 0 Å². The molecule has 0 atom stereocenters. The fraction of sp³-hybridized carbons (Fsp3) is 0. The third-order valence-electron chi connectivity index (χ3n) is 2.52. The van der Waals surface area contributed by atoms with Gasteiger partial charge in [-0.1, -0.05) is 10.3 Å². The molecule has 8 nitrogen and oxygen atoms in total. The Balaban J connectivity index is 1.68. The number of aromatic nitrogens is 4. The predicted octanol–water partition coefficient (Wildman–Crippen LogP) is 2.64. The van der Waals surface area contributed by atoms with Crippen molar-refractivity contribution in [1.82, 2.24) is 20.3 Å². The summed E-state index contributed by atoms with van der Waals surface area (Å²) >= 11 is 0. The summed E-state index contributed by atoms with van der Waals surface area (Å²) in [5.74, 6) is 1.84. The summed E-state index contributed by atoms with van der Waals surface area (Å²) in [4.78, 5) is 8.26. The molecular formula is C12H6N4O4. The molecule has 0 saturated carbocycles. The molecule has 0 bridgehead atoms. The molecule has 0 saturated heterocycles. The second-order valence-corrected chi connectivity index (χ2v) is 3.80. The van der Waals surface area contributed by atoms with Crippen molar-refractivity contribution >= 4 is 0 Å². The molecule has 4 heterocycles. The van der Waals surface area contributed by atoms with Gasteiger partial charge in [0.2, 0.25) is 11.6 Å². The van der Waals surface area contributed by atoms with Gasteiger partial charge in [0.15, 0.2) is 11.5 Å². The topological polar surface area (TPSA) is 104 Å². The quantitative estimate of drug-likeness (QED) is 0.559. The second kappa shape index (κ2) is 4.19. The zero-order valence-corrected chi connectivity index (χ0v) is 9.89. The highest BCUT2D eigenvalue weighted by molar-refractivity contribution is 5.52. The molecule has 0 N–H and O–H groups in total. The lowest BCUT2D eigenvalue weighted by Crippen LogP contribution is -1.83. The van der Waals surface area contributed by atoms with E-state index >= 15 is 0 Å². The molecule has 0 amide bonds. The molecule has 4 aromatic rings. The molecule has 0 unspecified atom stereocenters. The van der Waals surface area contributed by atoms with E-state index in [9.17, 15) is 0 Å². The number of furan rings is 2. The lowest BCUT2D eigenvalue weighted by atomic mass is 10.4. The van der Waals surface area contributed by atoms with Gasteiger partial charge in [0.1, 0.15) is 0 Å². The van der Waals surface area contributed by atoms with Crippen LogP contribution in [0.3, 0.4) is 0 Å². The monoisotopic (exact) mass is 270 g/mol. The van der Waals surface area contributed by atoms with Crippen LogP contribution in [0, 0.1) is 0 Å². The van der Waals surface area contributed by atoms with Crippen LogP contribution in [-0.2, 0) is 0 Å². The van der Waals surface area contributed by atoms with E-state index in [-0.39, 0.29) is 23.4 Å². The molecule has 0 aliphatic rings. The van der Waals surface area contributed by atoms with E-state index in [0.29, 0.717) is 11.5 Å². The van der Waals surface area contributed by atoms with Gasteiger partial charge in [0.05, 0.1) is 12.5 Å². The standard InChI is InChI=1S/C12H6N4O4/c1-3-7(17-5-1)11-13-9(15-19-11)10-14-12(20-16-10)8-4-2-6-18-8/h1-6H. The fourth-order valence-corrected chi connectivity index (χ4v) is 1.63. The van der Waals surface area contributed by atoms with Crippen molar-refractivity contribution in [2.45, 2.75) is 0 Å². The molecule has 0 aliphatic carbocycles. The summed E-state index contributed by atoms with van der Waals surface area (Å²) in [7, 11) is 0. The number of rotatable bonds is 3. The molecule has 0 aromatic carbocycles. The van der Waals surface area contributed by atoms with Crippen molar-refractivity contribution in [2.75, 3.05) is 0 Å². The van der Waals surface area contributed by atoms with Crippen LogP contribution in [0.2, 0.25) is 0 Å². The first-order chi connectivity index (χ1) is 9.90. The van der Waals surface area contributed by atoms with Gasteiger partial charge in [-0.2, -0.15) is 9.97 Å². The molecule has 8 heteroatoms. The summed E-state index contributed by atoms with van der Waals surface area (Å²) in [6.07, 6.45) is 3.03. The van der Waals surface area contributed by atoms with E-state index in [4.69, 9.17) is 17.9 Å². The maximum Gasteiger partial charge on any atom is 0.294 e. The minimum absolute atomic E-state index is 0.206. The average molecular weight is 270 g/mol. The first-order valence-corrected chi connectivity index (χ1v) is 5.66. The SMILES string of the molecule is c1coc(-c2nc(-c3noc(-c4ccco4)n3)no2)c1. The normalized spacial score (nSPS) is 11.0. The third-order valence-corrected chi connectivity index (χ3v) is 2.52. The number of nitrogens with zero attached hydrogens (tertiary/aromatic N) is 4. The summed E-state index contributed by atoms with van der Waals surface area (Å²) in [5.41, 5.74) is 0. The molecule has 0 spiro atoms. The molecule has 20 heavy (non-hydrogen) atoms. The van der Waals surface area contributed by atoms with Crippen molar-refractivity contribution in [2.24, 2.45) is 0 Å². The second-order valence-electron chi connectivity index (χ2n) is 3.80. The van der Waals surface area contributed by atoms with Crippen LogP contribution in [0.4, 0.5) is 0 Å². The smallest absolute Gasteiger partial charge is 0.294 e. The highest BCUT2D eigenvalue weighted by atomic mass is 16.5. The van der Waals surface area contributed by atoms with Gasteiger partial charge in [-0.25, -0.2) is 0 Å². The van der Waals surface area contributed by atoms with Gasteiger partial charge in [-0.15, -0.1) is 0 Å². The minimum Gasteiger partial charge on any atom is -0.459 e. The van der Waals surface area contributed by atoms with Crippen LogP contribution in [0.15, 0.2) is 54.7 Å². The fourth-order valence-electron chi connectivity index (χ4n) is 1.63. The lowest BCUT2D eigenvalue weighted by Gasteiger charge is -1.82. The van der Waals surface area contributed by atoms with Crippen molar-refractivity contribution < 1.29 is 17.9 Å². The molecule has 0 fully saturated rings. The van der Waals surface area contributed by atoms with Crippen molar-refractivity contribution in [3.8, 4) is 35.0 Å². The lowest BCUT2D eigenvalue weighted by molar-refractivity contribution is 0.410. The summed E-state index contributed by atoms with van der Waals surface area (Å²) in [6.45, 7) is 0. The number of hydrogen-bond acceptors (Lipinski definition) is 8. The average Bonchev–Trinajstić information content (AvgIpc) is 3.22. The van der Waals surface area contributed by atoms with Crippen LogP contribution in [-0.4, -0.2) is 20.3 Å². The van der Waals surface area contributed by atoms with Crippen LogP contribution >= 0.6 is 0 Å². The van der Waals surface area contributed by atoms with Crippen LogP contribution in [0.25, 0.3) is 35.0 Å². The molecule has 0 aliphatic heterocycles. The number of hydrogen-bond donors (Lipinski definition) is 0. The molecule has 4 rings (SSSR count). The van der Waals surface area contributed by atoms with E-state index in [0.717, 1.165) is 0 Å². The van der Waals surface area contributed by atoms with Gasteiger partial charge in [-0.3, -0.25) is 0 Å². The van der Waals surface area contributed by atoms with E-state index in [1.807, 2.05) is 0 Å². The van der Waals surface area contributed by atoms with E-state index in [1.165, 1.54) is 12.5 Å². The highest BCUT2D eigenvalue weighted by Crippen LogP contribution is 2.23. The Bertz CT molecular complexity index is 743. The van der Waals surface area contributed by atoms with Gasteiger partial charge >= 0.3 is 0 Å². The maximum atomic E-state index is 5.16. The third kappa shape index (κ3) is 1.70. The zero-order valence-electron chi connectivity index (χ0n) is 9.89. The summed E-state index contributed by atoms with van der Waals surface area (Å²) in [6, 6.07) is 6.87. The van der Waals surface area contributed by atoms with E-state index in [2.05, 4.69) is 20.3 Å².